The minimum Gasteiger partial charge on any atom is -1.00 e. The Labute approximate surface area is 140 Å². The highest BCUT2D eigenvalue weighted by atomic mass is 127. The first kappa shape index (κ1) is 15.8. The van der Waals surface area contributed by atoms with Crippen LogP contribution in [-0.2, 0) is 0 Å². The molecule has 0 saturated carbocycles. The van der Waals surface area contributed by atoms with Gasteiger partial charge in [-0.1, -0.05) is 0 Å². The Kier molecular flexibility index (Phi) is 4.52. The molecule has 0 amide bonds. The molecule has 1 aliphatic rings. The Hall–Kier alpha value is -1.61. The minimum atomic E-state index is -0.984. The summed E-state index contributed by atoms with van der Waals surface area (Å²) in [6.07, 6.45) is 0. The maximum atomic E-state index is 11.0. The van der Waals surface area contributed by atoms with Crippen LogP contribution in [0, 0.1) is 7.14 Å². The van der Waals surface area contributed by atoms with E-state index in [-0.39, 0.29) is 28.1 Å². The molecular formula is C14H8BrIO5. The SMILES string of the molecule is O=C(O)c1ccc2c(c1)[I+]c1cc(C(=O)O)ccc1O2.[Br-]. The Bertz CT molecular complexity index is 683. The van der Waals surface area contributed by atoms with Gasteiger partial charge in [-0.2, -0.15) is 0 Å². The van der Waals surface area contributed by atoms with Gasteiger partial charge in [-0.25, -0.2) is 9.59 Å². The van der Waals surface area contributed by atoms with Crippen LogP contribution in [0.25, 0.3) is 0 Å². The highest BCUT2D eigenvalue weighted by molar-refractivity contribution is 5.88. The quantitative estimate of drug-likeness (QED) is 0.383. The van der Waals surface area contributed by atoms with Crippen molar-refractivity contribution < 1.29 is 62.7 Å². The number of hydrogen-bond acceptors (Lipinski definition) is 3. The summed E-state index contributed by atoms with van der Waals surface area (Å²) in [5.41, 5.74) is 0.426. The standard InChI is InChI=1S/C14H7IO5.BrH/c16-13(17)7-1-3-11-9(5-7)15-10-6-8(14(18)19)2-4-12(10)20-11;/h1-6H,(H-,16,17,18,19);1H. The molecule has 0 atom stereocenters. The zero-order chi connectivity index (χ0) is 14.3. The largest absolute Gasteiger partial charge is 1.00 e. The third kappa shape index (κ3) is 3.03. The lowest BCUT2D eigenvalue weighted by molar-refractivity contribution is -0.602. The van der Waals surface area contributed by atoms with Crippen molar-refractivity contribution in [1.29, 1.82) is 0 Å². The molecule has 1 heterocycles. The number of rotatable bonds is 2. The van der Waals surface area contributed by atoms with Crippen molar-refractivity contribution in [2.75, 3.05) is 0 Å². The fraction of sp³-hybridized carbons (Fsp3) is 0. The third-order valence-electron chi connectivity index (χ3n) is 2.78. The van der Waals surface area contributed by atoms with E-state index in [0.29, 0.717) is 11.5 Å². The van der Waals surface area contributed by atoms with Crippen LogP contribution >= 0.6 is 0 Å². The Morgan fingerprint density at radius 3 is 1.67 bits per heavy atom. The predicted octanol–water partition coefficient (Wildman–Crippen LogP) is -3.68. The lowest BCUT2D eigenvalue weighted by Crippen LogP contribution is -3.62. The highest BCUT2D eigenvalue weighted by Crippen LogP contribution is 2.25. The number of ether oxygens (including phenoxy) is 1. The average molecular weight is 463 g/mol. The van der Waals surface area contributed by atoms with E-state index in [2.05, 4.69) is 0 Å². The normalized spacial score (nSPS) is 11.4. The van der Waals surface area contributed by atoms with Crippen molar-refractivity contribution >= 4 is 11.9 Å². The van der Waals surface area contributed by atoms with E-state index in [1.807, 2.05) is 0 Å². The molecule has 3 rings (SSSR count). The fourth-order valence-electron chi connectivity index (χ4n) is 1.81. The van der Waals surface area contributed by atoms with Gasteiger partial charge in [0.1, 0.15) is 0 Å². The van der Waals surface area contributed by atoms with E-state index in [1.54, 1.807) is 24.3 Å². The summed E-state index contributed by atoms with van der Waals surface area (Å²) in [6.45, 7) is 0. The zero-order valence-electron chi connectivity index (χ0n) is 10.3. The molecule has 0 bridgehead atoms. The monoisotopic (exact) mass is 462 g/mol. The van der Waals surface area contributed by atoms with Gasteiger partial charge >= 0.3 is 33.1 Å². The molecule has 0 unspecified atom stereocenters. The molecule has 0 aromatic heterocycles. The maximum absolute atomic E-state index is 11.0. The van der Waals surface area contributed by atoms with Crippen LogP contribution in [0.5, 0.6) is 11.5 Å². The number of hydrogen-bond donors (Lipinski definition) is 2. The third-order valence-corrected chi connectivity index (χ3v) is 5.63. The first-order valence-electron chi connectivity index (χ1n) is 5.62. The molecule has 7 heteroatoms. The second kappa shape index (κ2) is 6.02. The van der Waals surface area contributed by atoms with Crippen LogP contribution in [0.4, 0.5) is 0 Å². The van der Waals surface area contributed by atoms with E-state index < -0.39 is 33.1 Å². The minimum absolute atomic E-state index is 0. The van der Waals surface area contributed by atoms with E-state index in [1.165, 1.54) is 12.1 Å². The number of fused-ring (bicyclic) bond motifs is 2. The summed E-state index contributed by atoms with van der Waals surface area (Å²) in [7, 11) is 0. The summed E-state index contributed by atoms with van der Waals surface area (Å²) in [6, 6.07) is 9.49. The molecule has 0 saturated heterocycles. The first-order chi connectivity index (χ1) is 9.54. The number of benzene rings is 2. The van der Waals surface area contributed by atoms with Gasteiger partial charge in [-0.05, 0) is 24.3 Å². The van der Waals surface area contributed by atoms with Gasteiger partial charge in [0.05, 0.1) is 11.1 Å². The van der Waals surface area contributed by atoms with Crippen molar-refractivity contribution in [1.82, 2.24) is 0 Å². The lowest BCUT2D eigenvalue weighted by atomic mass is 10.2. The van der Waals surface area contributed by atoms with Crippen LogP contribution in [-0.4, -0.2) is 22.2 Å². The Balaban J connectivity index is 0.00000161. The van der Waals surface area contributed by atoms with E-state index in [4.69, 9.17) is 14.9 Å². The van der Waals surface area contributed by atoms with Crippen LogP contribution < -0.4 is 42.9 Å². The molecule has 2 N–H and O–H groups in total. The van der Waals surface area contributed by atoms with Gasteiger partial charge in [0, 0.05) is 12.1 Å². The highest BCUT2D eigenvalue weighted by Gasteiger charge is 2.33. The summed E-state index contributed by atoms with van der Waals surface area (Å²) in [5.74, 6) is -0.666. The Morgan fingerprint density at radius 1 is 0.857 bits per heavy atom. The Morgan fingerprint density at radius 2 is 1.29 bits per heavy atom. The van der Waals surface area contributed by atoms with Crippen molar-refractivity contribution in [3.05, 3.63) is 54.7 Å². The van der Waals surface area contributed by atoms with Crippen molar-refractivity contribution in [3.63, 3.8) is 0 Å². The van der Waals surface area contributed by atoms with Gasteiger partial charge in [0.2, 0.25) is 7.14 Å². The van der Waals surface area contributed by atoms with E-state index >= 15 is 0 Å². The fourth-order valence-corrected chi connectivity index (χ4v) is 4.53. The predicted molar refractivity (Wildman–Crippen MR) is 64.3 cm³/mol. The lowest BCUT2D eigenvalue weighted by Gasteiger charge is -2.11. The van der Waals surface area contributed by atoms with Gasteiger partial charge in [-0.15, -0.1) is 0 Å². The average Bonchev–Trinajstić information content (AvgIpc) is 2.43. The van der Waals surface area contributed by atoms with Gasteiger partial charge in [0.25, 0.3) is 0 Å². The number of aromatic carboxylic acids is 2. The smallest absolute Gasteiger partial charge is 0.366 e. The summed E-state index contributed by atoms with van der Waals surface area (Å²) in [4.78, 5) is 21.9. The number of halogens is 2. The molecule has 21 heavy (non-hydrogen) atoms. The first-order valence-corrected chi connectivity index (χ1v) is 7.78. The second-order valence-corrected chi connectivity index (χ2v) is 6.96. The van der Waals surface area contributed by atoms with Crippen LogP contribution in [0.2, 0.25) is 0 Å². The van der Waals surface area contributed by atoms with Crippen molar-refractivity contribution in [2.45, 2.75) is 0 Å². The molecule has 5 nitrogen and oxygen atoms in total. The van der Waals surface area contributed by atoms with Crippen molar-refractivity contribution in [3.8, 4) is 11.5 Å². The molecule has 0 fully saturated rings. The molecular weight excluding hydrogens is 455 g/mol. The number of carboxylic acids is 2. The summed E-state index contributed by atoms with van der Waals surface area (Å²) in [5, 5.41) is 18.0. The molecule has 2 aromatic rings. The summed E-state index contributed by atoms with van der Waals surface area (Å²) < 4.78 is 7.38. The van der Waals surface area contributed by atoms with Gasteiger partial charge in [0.15, 0.2) is 11.5 Å². The molecule has 0 radical (unpaired) electrons. The molecule has 0 spiro atoms. The van der Waals surface area contributed by atoms with Gasteiger partial charge < -0.3 is 31.9 Å². The van der Waals surface area contributed by atoms with E-state index in [0.717, 1.165) is 7.14 Å². The molecule has 108 valence electrons. The number of carbonyl (C=O) groups is 2. The van der Waals surface area contributed by atoms with E-state index in [9.17, 15) is 9.59 Å². The maximum Gasteiger partial charge on any atom is 0.366 e. The zero-order valence-corrected chi connectivity index (χ0v) is 14.1. The molecule has 1 aliphatic heterocycles. The number of carboxylic acid groups (broad SMARTS) is 2. The van der Waals surface area contributed by atoms with Crippen LogP contribution in [0.15, 0.2) is 36.4 Å². The topological polar surface area (TPSA) is 83.8 Å². The van der Waals surface area contributed by atoms with Crippen LogP contribution in [0.3, 0.4) is 0 Å². The van der Waals surface area contributed by atoms with Crippen LogP contribution in [0.1, 0.15) is 20.7 Å². The second-order valence-electron chi connectivity index (χ2n) is 4.10. The summed E-state index contributed by atoms with van der Waals surface area (Å²) >= 11 is -0.661. The molecule has 2 aromatic carbocycles. The van der Waals surface area contributed by atoms with Gasteiger partial charge in [-0.3, -0.25) is 0 Å². The van der Waals surface area contributed by atoms with Crippen molar-refractivity contribution in [2.24, 2.45) is 0 Å². The molecule has 0 aliphatic carbocycles.